The predicted octanol–water partition coefficient (Wildman–Crippen LogP) is 11.2. The van der Waals surface area contributed by atoms with Crippen molar-refractivity contribution in [3.63, 3.8) is 0 Å². The first kappa shape index (κ1) is 42.9. The minimum atomic E-state index is -1.86. The van der Waals surface area contributed by atoms with E-state index >= 15 is 0 Å². The molecule has 8 aliphatic rings. The normalized spacial score (nSPS) is 43.6. The zero-order chi connectivity index (χ0) is 42.4. The Morgan fingerprint density at radius 3 is 1.35 bits per heavy atom. The zero-order valence-corrected chi connectivity index (χ0v) is 39.7. The fourth-order valence-electron chi connectivity index (χ4n) is 14.4. The monoisotopic (exact) mass is 848 g/mol. The van der Waals surface area contributed by atoms with Crippen LogP contribution in [-0.4, -0.2) is 73.7 Å². The molecule has 324 valence electrons. The molecular formula is C52H72O6Si2. The van der Waals surface area contributed by atoms with Gasteiger partial charge in [-0.1, -0.05) is 111 Å². The average Bonchev–Trinajstić information content (AvgIpc) is 3.85. The number of rotatable bonds is 8. The van der Waals surface area contributed by atoms with E-state index in [9.17, 15) is 10.2 Å². The largest absolute Gasteiger partial charge is 0.408 e. The van der Waals surface area contributed by atoms with Gasteiger partial charge in [0.1, 0.15) is 0 Å². The molecule has 2 aromatic carbocycles. The topological polar surface area (TPSA) is 77.4 Å². The van der Waals surface area contributed by atoms with E-state index in [1.54, 1.807) is 0 Å². The molecule has 4 heterocycles. The summed E-state index contributed by atoms with van der Waals surface area (Å²) < 4.78 is 28.4. The Bertz CT molecular complexity index is 1890. The summed E-state index contributed by atoms with van der Waals surface area (Å²) in [6.45, 7) is 18.7. The Morgan fingerprint density at radius 2 is 1.00 bits per heavy atom. The third-order valence-corrected chi connectivity index (χ3v) is 17.8. The van der Waals surface area contributed by atoms with Gasteiger partial charge in [0.2, 0.25) is 0 Å². The Hall–Kier alpha value is -2.41. The maximum atomic E-state index is 10.6. The van der Waals surface area contributed by atoms with Gasteiger partial charge in [-0.3, -0.25) is 0 Å². The van der Waals surface area contributed by atoms with Crippen molar-refractivity contribution in [2.75, 3.05) is 13.2 Å². The van der Waals surface area contributed by atoms with Crippen molar-refractivity contribution in [1.29, 1.82) is 0 Å². The number of ether oxygens (including phenoxy) is 2. The van der Waals surface area contributed by atoms with Crippen molar-refractivity contribution in [3.05, 3.63) is 107 Å². The molecule has 10 rings (SSSR count). The summed E-state index contributed by atoms with van der Waals surface area (Å²) in [5.74, 6) is 2.37. The summed E-state index contributed by atoms with van der Waals surface area (Å²) in [6, 6.07) is 21.3. The minimum absolute atomic E-state index is 0.0790. The van der Waals surface area contributed by atoms with Crippen LogP contribution < -0.4 is 0 Å². The van der Waals surface area contributed by atoms with Gasteiger partial charge in [0, 0.05) is 36.5 Å². The van der Waals surface area contributed by atoms with Crippen LogP contribution in [0.1, 0.15) is 89.2 Å². The van der Waals surface area contributed by atoms with Crippen LogP contribution in [0.5, 0.6) is 0 Å². The van der Waals surface area contributed by atoms with E-state index in [1.165, 1.54) is 22.3 Å². The highest BCUT2D eigenvalue weighted by Crippen LogP contribution is 2.70. The molecule has 0 amide bonds. The van der Waals surface area contributed by atoms with Crippen molar-refractivity contribution < 1.29 is 28.5 Å². The van der Waals surface area contributed by atoms with Gasteiger partial charge in [0.15, 0.2) is 16.6 Å². The van der Waals surface area contributed by atoms with Crippen molar-refractivity contribution in [3.8, 4) is 0 Å². The first-order valence-electron chi connectivity index (χ1n) is 23.3. The van der Waals surface area contributed by atoms with Crippen LogP contribution in [0.25, 0.3) is 12.2 Å². The first-order valence-corrected chi connectivity index (χ1v) is 30.2. The highest BCUT2D eigenvalue weighted by atomic mass is 28.4. The number of benzene rings is 2. The molecule has 2 spiro atoms. The van der Waals surface area contributed by atoms with E-state index in [1.807, 2.05) is 0 Å². The Morgan fingerprint density at radius 1 is 0.617 bits per heavy atom. The lowest BCUT2D eigenvalue weighted by Crippen LogP contribution is -2.63. The second kappa shape index (κ2) is 15.1. The van der Waals surface area contributed by atoms with E-state index in [4.69, 9.17) is 18.3 Å². The highest BCUT2D eigenvalue weighted by molar-refractivity contribution is 6.70. The number of fused-ring (bicyclic) bond motifs is 4. The van der Waals surface area contributed by atoms with Crippen LogP contribution in [0, 0.1) is 35.5 Å². The zero-order valence-electron chi connectivity index (χ0n) is 37.7. The number of aliphatic hydroxyl groups excluding tert-OH is 2. The summed E-state index contributed by atoms with van der Waals surface area (Å²) in [5, 5.41) is 21.1. The molecule has 12 atom stereocenters. The van der Waals surface area contributed by atoms with E-state index in [0.29, 0.717) is 35.5 Å². The van der Waals surface area contributed by atoms with Gasteiger partial charge in [-0.15, -0.1) is 0 Å². The lowest BCUT2D eigenvalue weighted by atomic mass is 9.66. The van der Waals surface area contributed by atoms with Gasteiger partial charge in [-0.25, -0.2) is 0 Å². The van der Waals surface area contributed by atoms with E-state index in [0.717, 1.165) is 64.2 Å². The molecule has 2 aromatic rings. The number of aliphatic hydroxyl groups is 2. The second-order valence-corrected chi connectivity index (χ2v) is 31.2. The molecule has 4 aliphatic carbocycles. The lowest BCUT2D eigenvalue weighted by Gasteiger charge is -2.56. The molecule has 2 N–H and O–H groups in total. The van der Waals surface area contributed by atoms with Crippen molar-refractivity contribution in [2.45, 2.75) is 151 Å². The predicted molar refractivity (Wildman–Crippen MR) is 247 cm³/mol. The maximum Gasteiger partial charge on any atom is 0.184 e. The van der Waals surface area contributed by atoms with E-state index in [2.05, 4.69) is 150 Å². The summed E-state index contributed by atoms with van der Waals surface area (Å²) in [6.07, 6.45) is 24.0. The highest BCUT2D eigenvalue weighted by Gasteiger charge is 2.74. The van der Waals surface area contributed by atoms with Crippen molar-refractivity contribution in [1.82, 2.24) is 0 Å². The van der Waals surface area contributed by atoms with Gasteiger partial charge in [-0.2, -0.15) is 0 Å². The van der Waals surface area contributed by atoms with Crippen LogP contribution >= 0.6 is 0 Å². The van der Waals surface area contributed by atoms with Crippen LogP contribution in [0.15, 0.2) is 96.1 Å². The fourth-order valence-corrected chi connectivity index (χ4v) is 17.2. The molecule has 4 bridgehead atoms. The Balaban J connectivity index is 0.000000154. The molecule has 6 fully saturated rings. The smallest absolute Gasteiger partial charge is 0.184 e. The molecule has 2 saturated carbocycles. The van der Waals surface area contributed by atoms with Gasteiger partial charge in [0.05, 0.1) is 46.8 Å². The third-order valence-electron chi connectivity index (χ3n) is 15.9. The van der Waals surface area contributed by atoms with Crippen molar-refractivity contribution in [2.24, 2.45) is 35.5 Å². The summed E-state index contributed by atoms with van der Waals surface area (Å²) in [7, 11) is -3.72. The van der Waals surface area contributed by atoms with Gasteiger partial charge >= 0.3 is 0 Å². The summed E-state index contributed by atoms with van der Waals surface area (Å²) in [4.78, 5) is 0. The van der Waals surface area contributed by atoms with Crippen LogP contribution in [0.4, 0.5) is 0 Å². The summed E-state index contributed by atoms with van der Waals surface area (Å²) >= 11 is 0. The van der Waals surface area contributed by atoms with Gasteiger partial charge in [0.25, 0.3) is 0 Å². The standard InChI is InChI=1S/2C26H36O3Si/c2*1-19-14-23-25-13-9-8-12-21(25)16-24(18-27,28-25)17-26(23,29-30(2,3)4)22(19)15-20-10-6-5-7-11-20/h2*5-8,10-12,15,19,21,23,27H,9,13-14,16-18H2,1-4H3/b2*22-15-/t2*19-,21-,23+,24+,25-,26+/m10/s1. The van der Waals surface area contributed by atoms with Crippen molar-refractivity contribution >= 4 is 28.8 Å². The molecule has 8 heteroatoms. The molecule has 4 saturated heterocycles. The minimum Gasteiger partial charge on any atom is -0.408 e. The first-order chi connectivity index (χ1) is 28.4. The van der Waals surface area contributed by atoms with Crippen LogP contribution in [0.3, 0.4) is 0 Å². The fraction of sp³-hybridized carbons (Fsp3) is 0.615. The number of hydrogen-bond acceptors (Lipinski definition) is 6. The lowest BCUT2D eigenvalue weighted by molar-refractivity contribution is -0.239. The molecule has 0 radical (unpaired) electrons. The Kier molecular flexibility index (Phi) is 10.8. The molecular weight excluding hydrogens is 777 g/mol. The summed E-state index contributed by atoms with van der Waals surface area (Å²) in [5.41, 5.74) is 3.30. The molecule has 0 unspecified atom stereocenters. The van der Waals surface area contributed by atoms with Crippen LogP contribution in [0.2, 0.25) is 39.3 Å². The third kappa shape index (κ3) is 7.02. The van der Waals surface area contributed by atoms with Gasteiger partial charge < -0.3 is 28.5 Å². The second-order valence-electron chi connectivity index (χ2n) is 22.3. The van der Waals surface area contributed by atoms with Gasteiger partial charge in [-0.05, 0) is 125 Å². The SMILES string of the molecule is C[C@@H]1C[C@H]2[C@@]34CCC=C[C@@H]3C[C@@](CO)(C[C@]2(O[Si](C)(C)C)/C1=C\c1ccccc1)O4.C[C@H]1C[C@@H]2[C@]34CCC=C[C@H]3C[C@](CO)(C[C@@]2(O[Si](C)(C)C)/C1=C\c1ccccc1)O4. The molecule has 60 heavy (non-hydrogen) atoms. The quantitative estimate of drug-likeness (QED) is 0.204. The number of hydrogen-bond donors (Lipinski definition) is 2. The Labute approximate surface area is 362 Å². The van der Waals surface area contributed by atoms with E-state index in [-0.39, 0.29) is 35.6 Å². The maximum absolute atomic E-state index is 10.6. The molecule has 6 nitrogen and oxygen atoms in total. The number of allylic oxidation sites excluding steroid dienone is 2. The molecule has 4 aliphatic heterocycles. The van der Waals surface area contributed by atoms with Crippen LogP contribution in [-0.2, 0) is 18.3 Å². The van der Waals surface area contributed by atoms with E-state index < -0.39 is 27.8 Å². The average molecular weight is 849 g/mol. The molecule has 0 aromatic heterocycles.